The number of unbranched alkanes of at least 4 members (excludes halogenated alkanes) is 11. The molecule has 0 aromatic carbocycles. The molecule has 0 saturated carbocycles. The van der Waals surface area contributed by atoms with Gasteiger partial charge in [-0.1, -0.05) is 70.4 Å². The smallest absolute Gasteiger partial charge is 0.328 e. The predicted octanol–water partition coefficient (Wildman–Crippen LogP) is 5.03. The summed E-state index contributed by atoms with van der Waals surface area (Å²) in [5, 5.41) is 0. The van der Waals surface area contributed by atoms with Crippen molar-refractivity contribution in [2.75, 3.05) is 6.54 Å². The van der Waals surface area contributed by atoms with Crippen LogP contribution in [0.3, 0.4) is 0 Å². The number of carbonyl (C=O) groups excluding carboxylic acids is 1. The fourth-order valence-corrected chi connectivity index (χ4v) is 3.47. The first kappa shape index (κ1) is 26.5. The Balaban J connectivity index is 3.49. The number of allylic oxidation sites excluding steroid dienone is 2. The Morgan fingerprint density at radius 2 is 1.41 bits per heavy atom. The first-order valence-electron chi connectivity index (χ1n) is 10.5. The van der Waals surface area contributed by atoms with E-state index in [2.05, 4.69) is 23.6 Å². The Morgan fingerprint density at radius 3 is 1.89 bits per heavy atom. The summed E-state index contributed by atoms with van der Waals surface area (Å²) in [6, 6.07) is 0. The molecule has 0 fully saturated rings. The van der Waals surface area contributed by atoms with E-state index in [0.717, 1.165) is 32.1 Å². The molecule has 0 bridgehead atoms. The highest BCUT2D eigenvalue weighted by molar-refractivity contribution is 7.46. The van der Waals surface area contributed by atoms with Crippen molar-refractivity contribution in [1.82, 2.24) is 0 Å². The molecule has 0 amide bonds. The molecule has 0 heterocycles. The van der Waals surface area contributed by atoms with Crippen molar-refractivity contribution in [2.24, 2.45) is 5.73 Å². The molecule has 7 heteroatoms. The van der Waals surface area contributed by atoms with Gasteiger partial charge in [-0.25, -0.2) is 4.57 Å². The summed E-state index contributed by atoms with van der Waals surface area (Å²) < 4.78 is 15.2. The standard InChI is InChI=1S/C20H40NO5P/c1-2-3-4-5-6-7-8-9-10-11-12-13-14-15-16-17-19(22)20(18-21)26-27(23,24)25/h9-10,20H,2-8,11-18,21H2,1H3,(H2,23,24,25)/b10-9-. The second-order valence-electron chi connectivity index (χ2n) is 7.12. The summed E-state index contributed by atoms with van der Waals surface area (Å²) in [6.45, 7) is 2.03. The van der Waals surface area contributed by atoms with E-state index in [9.17, 15) is 9.36 Å². The van der Waals surface area contributed by atoms with E-state index in [4.69, 9.17) is 15.5 Å². The number of hydrogen-bond donors (Lipinski definition) is 3. The van der Waals surface area contributed by atoms with Crippen molar-refractivity contribution in [3.8, 4) is 0 Å². The molecule has 0 spiro atoms. The molecule has 0 aromatic rings. The lowest BCUT2D eigenvalue weighted by atomic mass is 10.0. The number of Topliss-reactive ketones (excluding diaryl/α,β-unsaturated/α-hetero) is 1. The van der Waals surface area contributed by atoms with Crippen LogP contribution in [-0.4, -0.2) is 28.2 Å². The third kappa shape index (κ3) is 18.6. The highest BCUT2D eigenvalue weighted by Crippen LogP contribution is 2.37. The van der Waals surface area contributed by atoms with Crippen LogP contribution in [0.5, 0.6) is 0 Å². The molecule has 1 atom stereocenters. The van der Waals surface area contributed by atoms with Gasteiger partial charge in [-0.2, -0.15) is 0 Å². The summed E-state index contributed by atoms with van der Waals surface area (Å²) in [6.07, 6.45) is 18.9. The van der Waals surface area contributed by atoms with E-state index in [-0.39, 0.29) is 18.7 Å². The first-order chi connectivity index (χ1) is 12.9. The minimum Gasteiger partial charge on any atom is -0.328 e. The van der Waals surface area contributed by atoms with Crippen LogP contribution in [0.4, 0.5) is 0 Å². The lowest BCUT2D eigenvalue weighted by Crippen LogP contribution is -2.31. The average molecular weight is 406 g/mol. The predicted molar refractivity (Wildman–Crippen MR) is 110 cm³/mol. The van der Waals surface area contributed by atoms with Gasteiger partial charge in [-0.15, -0.1) is 0 Å². The van der Waals surface area contributed by atoms with Gasteiger partial charge in [-0.05, 0) is 32.1 Å². The van der Waals surface area contributed by atoms with Crippen molar-refractivity contribution in [1.29, 1.82) is 0 Å². The van der Waals surface area contributed by atoms with Crippen molar-refractivity contribution in [2.45, 2.75) is 103 Å². The molecular formula is C20H40NO5P. The zero-order chi connectivity index (χ0) is 20.4. The van der Waals surface area contributed by atoms with E-state index < -0.39 is 13.9 Å². The normalized spacial score (nSPS) is 13.3. The molecule has 0 aliphatic heterocycles. The molecule has 0 saturated heterocycles. The Hall–Kier alpha value is -0.520. The molecule has 6 nitrogen and oxygen atoms in total. The number of nitrogens with two attached hydrogens (primary N) is 1. The van der Waals surface area contributed by atoms with Crippen LogP contribution in [0.25, 0.3) is 0 Å². The second kappa shape index (κ2) is 17.6. The lowest BCUT2D eigenvalue weighted by Gasteiger charge is -2.14. The minimum absolute atomic E-state index is 0.213. The highest BCUT2D eigenvalue weighted by atomic mass is 31.2. The fourth-order valence-electron chi connectivity index (χ4n) is 2.93. The summed E-state index contributed by atoms with van der Waals surface area (Å²) in [5.74, 6) is -0.335. The van der Waals surface area contributed by atoms with Crippen molar-refractivity contribution in [3.05, 3.63) is 12.2 Å². The molecule has 160 valence electrons. The van der Waals surface area contributed by atoms with Crippen molar-refractivity contribution < 1.29 is 23.7 Å². The van der Waals surface area contributed by atoms with E-state index >= 15 is 0 Å². The Labute approximate surface area is 165 Å². The number of hydrogen-bond acceptors (Lipinski definition) is 4. The molecule has 0 rings (SSSR count). The van der Waals surface area contributed by atoms with Crippen LogP contribution < -0.4 is 5.73 Å². The molecule has 1 unspecified atom stereocenters. The van der Waals surface area contributed by atoms with Gasteiger partial charge in [0.1, 0.15) is 6.10 Å². The molecule has 4 N–H and O–H groups in total. The largest absolute Gasteiger partial charge is 0.470 e. The summed E-state index contributed by atoms with van der Waals surface area (Å²) in [5.41, 5.74) is 5.34. The molecule has 0 aromatic heterocycles. The van der Waals surface area contributed by atoms with Gasteiger partial charge in [0.15, 0.2) is 5.78 Å². The van der Waals surface area contributed by atoms with Crippen LogP contribution in [0.1, 0.15) is 96.8 Å². The fraction of sp³-hybridized carbons (Fsp3) is 0.850. The van der Waals surface area contributed by atoms with Gasteiger partial charge in [0.2, 0.25) is 0 Å². The minimum atomic E-state index is -4.67. The average Bonchev–Trinajstić information content (AvgIpc) is 2.62. The maximum absolute atomic E-state index is 11.8. The van der Waals surface area contributed by atoms with Crippen LogP contribution in [0, 0.1) is 0 Å². The highest BCUT2D eigenvalue weighted by Gasteiger charge is 2.26. The van der Waals surface area contributed by atoms with E-state index in [1.807, 2.05) is 0 Å². The quantitative estimate of drug-likeness (QED) is 0.158. The Morgan fingerprint density at radius 1 is 0.926 bits per heavy atom. The summed E-state index contributed by atoms with van der Waals surface area (Å²) in [4.78, 5) is 29.3. The second-order valence-corrected chi connectivity index (χ2v) is 8.31. The maximum atomic E-state index is 11.8. The zero-order valence-electron chi connectivity index (χ0n) is 17.0. The molecule has 27 heavy (non-hydrogen) atoms. The monoisotopic (exact) mass is 405 g/mol. The van der Waals surface area contributed by atoms with Gasteiger partial charge >= 0.3 is 7.82 Å². The molecule has 0 aliphatic carbocycles. The Bertz CT molecular complexity index is 436. The summed E-state index contributed by atoms with van der Waals surface area (Å²) >= 11 is 0. The SMILES string of the molecule is CCCCCCCC/C=C\CCCCCCCC(=O)C(CN)OP(=O)(O)O. The van der Waals surface area contributed by atoms with Crippen LogP contribution in [0.15, 0.2) is 12.2 Å². The van der Waals surface area contributed by atoms with E-state index in [1.165, 1.54) is 44.9 Å². The van der Waals surface area contributed by atoms with Gasteiger partial charge in [0.25, 0.3) is 0 Å². The van der Waals surface area contributed by atoms with Gasteiger partial charge in [0.05, 0.1) is 0 Å². The lowest BCUT2D eigenvalue weighted by molar-refractivity contribution is -0.126. The third-order valence-corrected chi connectivity index (χ3v) is 5.05. The van der Waals surface area contributed by atoms with Gasteiger partial charge < -0.3 is 15.5 Å². The number of rotatable bonds is 19. The number of ketones is 1. The Kier molecular flexibility index (Phi) is 17.2. The number of phosphoric ester groups is 1. The van der Waals surface area contributed by atoms with Gasteiger partial charge in [0, 0.05) is 13.0 Å². The molecular weight excluding hydrogens is 365 g/mol. The first-order valence-corrected chi connectivity index (χ1v) is 12.1. The number of phosphoric acid groups is 1. The zero-order valence-corrected chi connectivity index (χ0v) is 17.9. The summed E-state index contributed by atoms with van der Waals surface area (Å²) in [7, 11) is -4.67. The van der Waals surface area contributed by atoms with Crippen molar-refractivity contribution >= 4 is 13.6 Å². The molecule has 0 aliphatic rings. The maximum Gasteiger partial charge on any atom is 0.470 e. The number of carbonyl (C=O) groups is 1. The molecule has 0 radical (unpaired) electrons. The van der Waals surface area contributed by atoms with E-state index in [0.29, 0.717) is 6.42 Å². The topological polar surface area (TPSA) is 110 Å². The van der Waals surface area contributed by atoms with Crippen LogP contribution >= 0.6 is 7.82 Å². The van der Waals surface area contributed by atoms with Gasteiger partial charge in [-0.3, -0.25) is 9.32 Å². The van der Waals surface area contributed by atoms with Crippen LogP contribution in [0.2, 0.25) is 0 Å². The van der Waals surface area contributed by atoms with Crippen LogP contribution in [-0.2, 0) is 13.9 Å². The van der Waals surface area contributed by atoms with Crippen molar-refractivity contribution in [3.63, 3.8) is 0 Å². The third-order valence-electron chi connectivity index (χ3n) is 4.52. The van der Waals surface area contributed by atoms with E-state index in [1.54, 1.807) is 0 Å².